The van der Waals surface area contributed by atoms with E-state index in [1.807, 2.05) is 6.07 Å². The molecule has 1 aliphatic carbocycles. The molecule has 1 unspecified atom stereocenters. The van der Waals surface area contributed by atoms with Crippen LogP contribution in [0.5, 0.6) is 5.75 Å². The molecule has 4 N–H and O–H groups in total. The summed E-state index contributed by atoms with van der Waals surface area (Å²) in [7, 11) is 0. The quantitative estimate of drug-likeness (QED) is 0.682. The second kappa shape index (κ2) is 5.05. The van der Waals surface area contributed by atoms with Gasteiger partial charge in [0.05, 0.1) is 0 Å². The summed E-state index contributed by atoms with van der Waals surface area (Å²) in [5, 5.41) is 12.7. The summed E-state index contributed by atoms with van der Waals surface area (Å²) < 4.78 is 4.65. The van der Waals surface area contributed by atoms with Crippen LogP contribution in [0.2, 0.25) is 0 Å². The Bertz CT molecular complexity index is 420. The summed E-state index contributed by atoms with van der Waals surface area (Å²) >= 11 is 0. The molecule has 1 aromatic rings. The van der Waals surface area contributed by atoms with Crippen LogP contribution in [0.1, 0.15) is 23.6 Å². The number of hydrogen-bond acceptors (Lipinski definition) is 4. The molecule has 1 aromatic carbocycles. The van der Waals surface area contributed by atoms with E-state index >= 15 is 0 Å². The number of carbonyl (C=O) groups is 1. The molecule has 0 aromatic heterocycles. The van der Waals surface area contributed by atoms with Crippen LogP contribution in [0, 0.1) is 0 Å². The number of ether oxygens (including phenoxy) is 1. The zero-order valence-corrected chi connectivity index (χ0v) is 9.48. The zero-order chi connectivity index (χ0) is 12.3. The molecule has 17 heavy (non-hydrogen) atoms. The van der Waals surface area contributed by atoms with Crippen molar-refractivity contribution in [3.05, 3.63) is 29.3 Å². The number of rotatable bonds is 4. The SMILES string of the molecule is NC(=O)OCCNC1CCc2cc(O)ccc21. The van der Waals surface area contributed by atoms with Crippen molar-refractivity contribution < 1.29 is 14.6 Å². The maximum absolute atomic E-state index is 10.4. The van der Waals surface area contributed by atoms with Gasteiger partial charge >= 0.3 is 6.09 Å². The Balaban J connectivity index is 1.87. The van der Waals surface area contributed by atoms with Gasteiger partial charge in [-0.15, -0.1) is 0 Å². The fraction of sp³-hybridized carbons (Fsp3) is 0.417. The van der Waals surface area contributed by atoms with Gasteiger partial charge in [0.25, 0.3) is 0 Å². The fourth-order valence-corrected chi connectivity index (χ4v) is 2.20. The number of nitrogens with one attached hydrogen (secondary N) is 1. The minimum Gasteiger partial charge on any atom is -0.508 e. The average molecular weight is 236 g/mol. The molecule has 1 aliphatic rings. The lowest BCUT2D eigenvalue weighted by molar-refractivity contribution is 0.156. The van der Waals surface area contributed by atoms with Crippen LogP contribution in [0.3, 0.4) is 0 Å². The molecule has 5 heteroatoms. The summed E-state index contributed by atoms with van der Waals surface area (Å²) in [6.07, 6.45) is 1.21. The van der Waals surface area contributed by atoms with Gasteiger partial charge in [-0.25, -0.2) is 4.79 Å². The minimum atomic E-state index is -0.747. The third kappa shape index (κ3) is 2.88. The maximum Gasteiger partial charge on any atom is 0.404 e. The highest BCUT2D eigenvalue weighted by atomic mass is 16.5. The molecule has 5 nitrogen and oxygen atoms in total. The molecule has 0 spiro atoms. The molecule has 0 fully saturated rings. The van der Waals surface area contributed by atoms with Crippen molar-refractivity contribution in [1.82, 2.24) is 5.32 Å². The lowest BCUT2D eigenvalue weighted by Crippen LogP contribution is -2.26. The Morgan fingerprint density at radius 2 is 2.41 bits per heavy atom. The number of phenolic OH excluding ortho intramolecular Hbond substituents is 1. The van der Waals surface area contributed by atoms with Crippen molar-refractivity contribution in [2.24, 2.45) is 5.73 Å². The molecule has 0 aliphatic heterocycles. The first-order chi connectivity index (χ1) is 8.16. The van der Waals surface area contributed by atoms with Gasteiger partial charge in [-0.3, -0.25) is 0 Å². The highest BCUT2D eigenvalue weighted by Gasteiger charge is 2.21. The Morgan fingerprint density at radius 3 is 3.18 bits per heavy atom. The number of primary amides is 1. The second-order valence-electron chi connectivity index (χ2n) is 4.10. The zero-order valence-electron chi connectivity index (χ0n) is 9.48. The third-order valence-electron chi connectivity index (χ3n) is 2.94. The van der Waals surface area contributed by atoms with E-state index in [4.69, 9.17) is 5.73 Å². The number of benzene rings is 1. The predicted octanol–water partition coefficient (Wildman–Crippen LogP) is 1.06. The molecular formula is C12H16N2O3. The van der Waals surface area contributed by atoms with Gasteiger partial charge in [0.15, 0.2) is 0 Å². The minimum absolute atomic E-state index is 0.266. The van der Waals surface area contributed by atoms with E-state index < -0.39 is 6.09 Å². The molecule has 1 atom stereocenters. The number of phenols is 1. The van der Waals surface area contributed by atoms with Crippen molar-refractivity contribution in [2.45, 2.75) is 18.9 Å². The van der Waals surface area contributed by atoms with Crippen LogP contribution in [0.4, 0.5) is 4.79 Å². The third-order valence-corrected chi connectivity index (χ3v) is 2.94. The van der Waals surface area contributed by atoms with E-state index in [-0.39, 0.29) is 12.6 Å². The molecule has 0 saturated carbocycles. The van der Waals surface area contributed by atoms with Crippen LogP contribution in [0.15, 0.2) is 18.2 Å². The molecule has 92 valence electrons. The van der Waals surface area contributed by atoms with Gasteiger partial charge in [-0.2, -0.15) is 0 Å². The molecule has 2 rings (SSSR count). The normalized spacial score (nSPS) is 17.8. The number of hydrogen-bond donors (Lipinski definition) is 3. The lowest BCUT2D eigenvalue weighted by atomic mass is 10.1. The Kier molecular flexibility index (Phi) is 3.49. The molecule has 0 saturated heterocycles. The highest BCUT2D eigenvalue weighted by Crippen LogP contribution is 2.32. The number of fused-ring (bicyclic) bond motifs is 1. The Labute approximate surface area is 99.6 Å². The summed E-state index contributed by atoms with van der Waals surface area (Å²) in [4.78, 5) is 10.4. The first kappa shape index (κ1) is 11.7. The lowest BCUT2D eigenvalue weighted by Gasteiger charge is -2.13. The number of amides is 1. The Morgan fingerprint density at radius 1 is 1.59 bits per heavy atom. The van der Waals surface area contributed by atoms with Crippen molar-refractivity contribution >= 4 is 6.09 Å². The first-order valence-electron chi connectivity index (χ1n) is 5.64. The summed E-state index contributed by atoms with van der Waals surface area (Å²) in [6.45, 7) is 0.854. The summed E-state index contributed by atoms with van der Waals surface area (Å²) in [6, 6.07) is 5.70. The summed E-state index contributed by atoms with van der Waals surface area (Å²) in [5.74, 6) is 0.307. The monoisotopic (exact) mass is 236 g/mol. The molecular weight excluding hydrogens is 220 g/mol. The van der Waals surface area contributed by atoms with E-state index in [9.17, 15) is 9.90 Å². The number of aryl methyl sites for hydroxylation is 1. The van der Waals surface area contributed by atoms with E-state index in [0.717, 1.165) is 12.8 Å². The van der Waals surface area contributed by atoms with Crippen molar-refractivity contribution in [2.75, 3.05) is 13.2 Å². The maximum atomic E-state index is 10.4. The number of aromatic hydroxyl groups is 1. The topological polar surface area (TPSA) is 84.6 Å². The summed E-state index contributed by atoms with van der Waals surface area (Å²) in [5.41, 5.74) is 7.25. The van der Waals surface area contributed by atoms with Crippen LogP contribution in [0.25, 0.3) is 0 Å². The molecule has 0 bridgehead atoms. The molecule has 1 amide bonds. The fourth-order valence-electron chi connectivity index (χ4n) is 2.20. The van der Waals surface area contributed by atoms with Crippen LogP contribution >= 0.6 is 0 Å². The highest BCUT2D eigenvalue weighted by molar-refractivity contribution is 5.64. The van der Waals surface area contributed by atoms with Crippen molar-refractivity contribution in [3.63, 3.8) is 0 Å². The van der Waals surface area contributed by atoms with Gasteiger partial charge in [-0.1, -0.05) is 6.07 Å². The van der Waals surface area contributed by atoms with E-state index in [2.05, 4.69) is 10.1 Å². The first-order valence-corrected chi connectivity index (χ1v) is 5.64. The number of nitrogens with two attached hydrogens (primary N) is 1. The van der Waals surface area contributed by atoms with Gasteiger partial charge < -0.3 is 20.9 Å². The predicted molar refractivity (Wildman–Crippen MR) is 62.7 cm³/mol. The van der Waals surface area contributed by atoms with Crippen LogP contribution in [-0.4, -0.2) is 24.4 Å². The van der Waals surface area contributed by atoms with Crippen LogP contribution in [-0.2, 0) is 11.2 Å². The molecule has 0 radical (unpaired) electrons. The van der Waals surface area contributed by atoms with Crippen molar-refractivity contribution in [1.29, 1.82) is 0 Å². The average Bonchev–Trinajstić information content (AvgIpc) is 2.66. The van der Waals surface area contributed by atoms with Crippen molar-refractivity contribution in [3.8, 4) is 5.75 Å². The van der Waals surface area contributed by atoms with Gasteiger partial charge in [0.1, 0.15) is 12.4 Å². The standard InChI is InChI=1S/C12H16N2O3/c13-12(16)17-6-5-14-11-4-1-8-7-9(15)2-3-10(8)11/h2-3,7,11,14-15H,1,4-6H2,(H2,13,16). The molecule has 0 heterocycles. The largest absolute Gasteiger partial charge is 0.508 e. The van der Waals surface area contributed by atoms with Crippen LogP contribution < -0.4 is 11.1 Å². The van der Waals surface area contributed by atoms with Gasteiger partial charge in [-0.05, 0) is 36.1 Å². The Hall–Kier alpha value is -1.75. The van der Waals surface area contributed by atoms with Gasteiger partial charge in [0, 0.05) is 12.6 Å². The smallest absolute Gasteiger partial charge is 0.404 e. The van der Waals surface area contributed by atoms with Gasteiger partial charge in [0.2, 0.25) is 0 Å². The number of carbonyl (C=O) groups excluding carboxylic acids is 1. The van der Waals surface area contributed by atoms with E-state index in [0.29, 0.717) is 12.3 Å². The second-order valence-corrected chi connectivity index (χ2v) is 4.10. The van der Waals surface area contributed by atoms with E-state index in [1.165, 1.54) is 11.1 Å². The van der Waals surface area contributed by atoms with E-state index in [1.54, 1.807) is 12.1 Å².